The summed E-state index contributed by atoms with van der Waals surface area (Å²) < 4.78 is 10.3. The average Bonchev–Trinajstić information content (AvgIpc) is 2.35. The Labute approximate surface area is 96.2 Å². The SMILES string of the molecule is CCC(O)CNc1ccc(OC)cc1OC. The van der Waals surface area contributed by atoms with Gasteiger partial charge in [-0.05, 0) is 18.6 Å². The molecule has 4 nitrogen and oxygen atoms in total. The van der Waals surface area contributed by atoms with Crippen LogP contribution in [0.2, 0.25) is 0 Å². The zero-order valence-electron chi connectivity index (χ0n) is 9.99. The van der Waals surface area contributed by atoms with E-state index in [-0.39, 0.29) is 6.10 Å². The molecule has 0 spiro atoms. The molecule has 90 valence electrons. The fourth-order valence-corrected chi connectivity index (χ4v) is 1.32. The molecule has 0 aliphatic carbocycles. The zero-order valence-corrected chi connectivity index (χ0v) is 9.99. The first kappa shape index (κ1) is 12.6. The van der Waals surface area contributed by atoms with Crippen LogP contribution in [0.3, 0.4) is 0 Å². The van der Waals surface area contributed by atoms with Crippen LogP contribution >= 0.6 is 0 Å². The van der Waals surface area contributed by atoms with Gasteiger partial charge in [0.2, 0.25) is 0 Å². The van der Waals surface area contributed by atoms with Crippen LogP contribution in [0.4, 0.5) is 5.69 Å². The van der Waals surface area contributed by atoms with Gasteiger partial charge in [-0.15, -0.1) is 0 Å². The Morgan fingerprint density at radius 3 is 2.62 bits per heavy atom. The van der Waals surface area contributed by atoms with Gasteiger partial charge in [-0.1, -0.05) is 6.92 Å². The summed E-state index contributed by atoms with van der Waals surface area (Å²) in [6, 6.07) is 5.53. The Balaban J connectivity index is 2.71. The van der Waals surface area contributed by atoms with E-state index in [1.165, 1.54) is 0 Å². The molecule has 0 heterocycles. The van der Waals surface area contributed by atoms with Crippen molar-refractivity contribution in [1.29, 1.82) is 0 Å². The molecule has 0 radical (unpaired) electrons. The monoisotopic (exact) mass is 225 g/mol. The second kappa shape index (κ2) is 6.23. The first-order valence-electron chi connectivity index (χ1n) is 5.35. The van der Waals surface area contributed by atoms with E-state index in [2.05, 4.69) is 5.32 Å². The van der Waals surface area contributed by atoms with Crippen molar-refractivity contribution in [2.24, 2.45) is 0 Å². The van der Waals surface area contributed by atoms with Crippen molar-refractivity contribution >= 4 is 5.69 Å². The number of rotatable bonds is 6. The van der Waals surface area contributed by atoms with E-state index in [1.807, 2.05) is 19.1 Å². The highest BCUT2D eigenvalue weighted by Gasteiger charge is 2.06. The minimum Gasteiger partial charge on any atom is -0.497 e. The number of aliphatic hydroxyl groups is 1. The summed E-state index contributed by atoms with van der Waals surface area (Å²) >= 11 is 0. The molecule has 4 heteroatoms. The summed E-state index contributed by atoms with van der Waals surface area (Å²) in [6.45, 7) is 2.46. The predicted octanol–water partition coefficient (Wildman–Crippen LogP) is 1.89. The number of aliphatic hydroxyl groups excluding tert-OH is 1. The first-order chi connectivity index (χ1) is 7.71. The zero-order chi connectivity index (χ0) is 12.0. The summed E-state index contributed by atoms with van der Waals surface area (Å²) in [5, 5.41) is 12.6. The third kappa shape index (κ3) is 3.31. The highest BCUT2D eigenvalue weighted by molar-refractivity contribution is 5.59. The predicted molar refractivity (Wildman–Crippen MR) is 64.3 cm³/mol. The maximum Gasteiger partial charge on any atom is 0.145 e. The number of nitrogens with one attached hydrogen (secondary N) is 1. The summed E-state index contributed by atoms with van der Waals surface area (Å²) in [5.74, 6) is 1.46. The fourth-order valence-electron chi connectivity index (χ4n) is 1.32. The van der Waals surface area contributed by atoms with Crippen LogP contribution < -0.4 is 14.8 Å². The third-order valence-electron chi connectivity index (χ3n) is 2.41. The normalized spacial score (nSPS) is 12.0. The van der Waals surface area contributed by atoms with E-state index in [0.717, 1.165) is 17.9 Å². The van der Waals surface area contributed by atoms with E-state index < -0.39 is 0 Å². The molecule has 1 unspecified atom stereocenters. The van der Waals surface area contributed by atoms with Gasteiger partial charge in [-0.25, -0.2) is 0 Å². The molecule has 0 amide bonds. The van der Waals surface area contributed by atoms with E-state index in [9.17, 15) is 5.11 Å². The van der Waals surface area contributed by atoms with Crippen LogP contribution in [-0.4, -0.2) is 32.0 Å². The molecule has 0 saturated heterocycles. The maximum absolute atomic E-state index is 9.46. The highest BCUT2D eigenvalue weighted by Crippen LogP contribution is 2.28. The number of hydrogen-bond acceptors (Lipinski definition) is 4. The molecule has 16 heavy (non-hydrogen) atoms. The van der Waals surface area contributed by atoms with Crippen molar-refractivity contribution < 1.29 is 14.6 Å². The van der Waals surface area contributed by atoms with Crippen molar-refractivity contribution in [2.75, 3.05) is 26.1 Å². The van der Waals surface area contributed by atoms with E-state index >= 15 is 0 Å². The molecule has 0 saturated carbocycles. The Morgan fingerprint density at radius 1 is 1.31 bits per heavy atom. The summed E-state index contributed by atoms with van der Waals surface area (Å²) in [5.41, 5.74) is 0.857. The van der Waals surface area contributed by atoms with Gasteiger partial charge in [-0.2, -0.15) is 0 Å². The van der Waals surface area contributed by atoms with Gasteiger partial charge in [0.15, 0.2) is 0 Å². The number of anilines is 1. The van der Waals surface area contributed by atoms with Crippen LogP contribution in [0, 0.1) is 0 Å². The molecule has 0 aromatic heterocycles. The minimum absolute atomic E-state index is 0.341. The molecular formula is C12H19NO3. The van der Waals surface area contributed by atoms with Gasteiger partial charge in [0, 0.05) is 12.6 Å². The molecule has 0 fully saturated rings. The molecular weight excluding hydrogens is 206 g/mol. The molecule has 1 rings (SSSR count). The Hall–Kier alpha value is -1.42. The first-order valence-corrected chi connectivity index (χ1v) is 5.35. The quantitative estimate of drug-likeness (QED) is 0.776. The minimum atomic E-state index is -0.341. The number of methoxy groups -OCH3 is 2. The van der Waals surface area contributed by atoms with Gasteiger partial charge >= 0.3 is 0 Å². The number of ether oxygens (including phenoxy) is 2. The lowest BCUT2D eigenvalue weighted by Gasteiger charge is -2.14. The Morgan fingerprint density at radius 2 is 2.06 bits per heavy atom. The van der Waals surface area contributed by atoms with Gasteiger partial charge in [0.05, 0.1) is 26.0 Å². The summed E-state index contributed by atoms with van der Waals surface area (Å²) in [7, 11) is 3.22. The van der Waals surface area contributed by atoms with Crippen molar-refractivity contribution in [3.05, 3.63) is 18.2 Å². The van der Waals surface area contributed by atoms with Gasteiger partial charge in [0.25, 0.3) is 0 Å². The third-order valence-corrected chi connectivity index (χ3v) is 2.41. The topological polar surface area (TPSA) is 50.7 Å². The van der Waals surface area contributed by atoms with Gasteiger partial charge in [0.1, 0.15) is 11.5 Å². The molecule has 0 aliphatic heterocycles. The van der Waals surface area contributed by atoms with E-state index in [0.29, 0.717) is 12.3 Å². The van der Waals surface area contributed by atoms with Crippen LogP contribution in [0.1, 0.15) is 13.3 Å². The molecule has 1 aromatic carbocycles. The lowest BCUT2D eigenvalue weighted by atomic mass is 10.2. The highest BCUT2D eigenvalue weighted by atomic mass is 16.5. The van der Waals surface area contributed by atoms with Gasteiger partial charge in [-0.3, -0.25) is 0 Å². The van der Waals surface area contributed by atoms with Crippen molar-refractivity contribution in [3.63, 3.8) is 0 Å². The van der Waals surface area contributed by atoms with E-state index in [1.54, 1.807) is 20.3 Å². The largest absolute Gasteiger partial charge is 0.497 e. The maximum atomic E-state index is 9.46. The molecule has 1 atom stereocenters. The summed E-state index contributed by atoms with van der Waals surface area (Å²) in [6.07, 6.45) is 0.387. The molecule has 2 N–H and O–H groups in total. The molecule has 1 aromatic rings. The van der Waals surface area contributed by atoms with Crippen LogP contribution in [0.15, 0.2) is 18.2 Å². The lowest BCUT2D eigenvalue weighted by molar-refractivity contribution is 0.183. The molecule has 0 aliphatic rings. The average molecular weight is 225 g/mol. The number of benzene rings is 1. The van der Waals surface area contributed by atoms with E-state index in [4.69, 9.17) is 9.47 Å². The fraction of sp³-hybridized carbons (Fsp3) is 0.500. The number of hydrogen-bond donors (Lipinski definition) is 2. The van der Waals surface area contributed by atoms with Crippen LogP contribution in [0.5, 0.6) is 11.5 Å². The van der Waals surface area contributed by atoms with Crippen molar-refractivity contribution in [3.8, 4) is 11.5 Å². The smallest absolute Gasteiger partial charge is 0.145 e. The van der Waals surface area contributed by atoms with Crippen molar-refractivity contribution in [1.82, 2.24) is 0 Å². The second-order valence-corrected chi connectivity index (χ2v) is 3.51. The standard InChI is InChI=1S/C12H19NO3/c1-4-9(14)8-13-11-6-5-10(15-2)7-12(11)16-3/h5-7,9,13-14H,4,8H2,1-3H3. The molecule has 0 bridgehead atoms. The van der Waals surface area contributed by atoms with Crippen LogP contribution in [-0.2, 0) is 0 Å². The second-order valence-electron chi connectivity index (χ2n) is 3.51. The van der Waals surface area contributed by atoms with Gasteiger partial charge < -0.3 is 19.9 Å². The Bertz CT molecular complexity index is 328. The Kier molecular flexibility index (Phi) is 4.92. The van der Waals surface area contributed by atoms with Crippen LogP contribution in [0.25, 0.3) is 0 Å². The lowest BCUT2D eigenvalue weighted by Crippen LogP contribution is -2.18. The van der Waals surface area contributed by atoms with Crippen molar-refractivity contribution in [2.45, 2.75) is 19.4 Å². The summed E-state index contributed by atoms with van der Waals surface area (Å²) in [4.78, 5) is 0.